The fourth-order valence-corrected chi connectivity index (χ4v) is 3.16. The van der Waals surface area contributed by atoms with Crippen LogP contribution in [0.4, 0.5) is 5.82 Å². The Morgan fingerprint density at radius 3 is 2.73 bits per heavy atom. The maximum absolute atomic E-state index is 12.7. The molecule has 1 saturated heterocycles. The van der Waals surface area contributed by atoms with Crippen molar-refractivity contribution in [1.29, 1.82) is 0 Å². The lowest BCUT2D eigenvalue weighted by Crippen LogP contribution is -2.39. The molecule has 2 aliphatic heterocycles. The molecule has 2 aromatic rings. The predicted molar refractivity (Wildman–Crippen MR) is 94.4 cm³/mol. The van der Waals surface area contributed by atoms with E-state index in [9.17, 15) is 4.79 Å². The molecule has 1 N–H and O–H groups in total. The van der Waals surface area contributed by atoms with E-state index >= 15 is 0 Å². The number of ether oxygens (including phenoxy) is 3. The molecule has 7 nitrogen and oxygen atoms in total. The van der Waals surface area contributed by atoms with Crippen molar-refractivity contribution in [3.8, 4) is 11.5 Å². The molecule has 7 heteroatoms. The molecule has 0 unspecified atom stereocenters. The third-order valence-corrected chi connectivity index (χ3v) is 4.60. The minimum Gasteiger partial charge on any atom is -0.454 e. The number of anilines is 1. The lowest BCUT2D eigenvalue weighted by atomic mass is 10.1. The number of hydrogen-bond donors (Lipinski definition) is 0. The second-order valence-corrected chi connectivity index (χ2v) is 6.41. The van der Waals surface area contributed by atoms with Gasteiger partial charge in [-0.25, -0.2) is 4.98 Å². The molecule has 4 rings (SSSR count). The standard InChI is InChI=1S/C19H21N3O4/c1-21(12-14-2-4-16-17(10-14)26-13-25-16)19(23)15-3-5-18(20-11-15)22-6-8-24-9-7-22/h2-5,10-11H,6-9,12-13H2,1H3/p+1. The Morgan fingerprint density at radius 1 is 1.15 bits per heavy atom. The summed E-state index contributed by atoms with van der Waals surface area (Å²) in [4.78, 5) is 19.8. The van der Waals surface area contributed by atoms with Crippen LogP contribution in [-0.2, 0) is 11.3 Å². The van der Waals surface area contributed by atoms with Gasteiger partial charge in [0.05, 0.1) is 18.8 Å². The van der Waals surface area contributed by atoms with Gasteiger partial charge in [-0.1, -0.05) is 6.07 Å². The van der Waals surface area contributed by atoms with E-state index in [2.05, 4.69) is 9.88 Å². The molecule has 3 heterocycles. The van der Waals surface area contributed by atoms with Gasteiger partial charge in [-0.05, 0) is 23.8 Å². The summed E-state index contributed by atoms with van der Waals surface area (Å²) in [5.74, 6) is 2.44. The Bertz CT molecular complexity index is 788. The summed E-state index contributed by atoms with van der Waals surface area (Å²) in [6.07, 6.45) is 1.77. The third kappa shape index (κ3) is 3.43. The number of nitrogens with zero attached hydrogens (tertiary/aromatic N) is 2. The van der Waals surface area contributed by atoms with E-state index in [1.165, 1.54) is 0 Å². The molecule has 1 fully saturated rings. The number of H-pyrrole nitrogens is 1. The smallest absolute Gasteiger partial charge is 0.274 e. The number of nitrogens with one attached hydrogen (secondary N) is 1. The summed E-state index contributed by atoms with van der Waals surface area (Å²) in [5.41, 5.74) is 1.63. The number of amides is 1. The summed E-state index contributed by atoms with van der Waals surface area (Å²) in [6, 6.07) is 9.55. The zero-order valence-corrected chi connectivity index (χ0v) is 14.7. The second-order valence-electron chi connectivity index (χ2n) is 6.41. The number of rotatable bonds is 4. The van der Waals surface area contributed by atoms with Crippen molar-refractivity contribution in [1.82, 2.24) is 4.90 Å². The quantitative estimate of drug-likeness (QED) is 0.827. The average molecular weight is 356 g/mol. The molecule has 0 spiro atoms. The highest BCUT2D eigenvalue weighted by atomic mass is 16.7. The Morgan fingerprint density at radius 2 is 1.96 bits per heavy atom. The second kappa shape index (κ2) is 7.21. The number of carbonyl (C=O) groups is 1. The van der Waals surface area contributed by atoms with Crippen molar-refractivity contribution in [2.24, 2.45) is 0 Å². The molecule has 0 saturated carbocycles. The molecule has 1 aromatic heterocycles. The SMILES string of the molecule is CN(Cc1ccc2c(c1)OCO2)C(=O)c1ccc(N2CCOCC2)[nH+]c1. The van der Waals surface area contributed by atoms with Gasteiger partial charge in [-0.15, -0.1) is 0 Å². The predicted octanol–water partition coefficient (Wildman–Crippen LogP) is 1.34. The van der Waals surface area contributed by atoms with Gasteiger partial charge in [-0.3, -0.25) is 9.69 Å². The van der Waals surface area contributed by atoms with E-state index in [4.69, 9.17) is 14.2 Å². The zero-order chi connectivity index (χ0) is 17.9. The van der Waals surface area contributed by atoms with Gasteiger partial charge in [0.15, 0.2) is 11.5 Å². The van der Waals surface area contributed by atoms with E-state index in [1.807, 2.05) is 30.3 Å². The number of aromatic nitrogens is 1. The van der Waals surface area contributed by atoms with Crippen LogP contribution in [0.15, 0.2) is 36.5 Å². The van der Waals surface area contributed by atoms with Crippen molar-refractivity contribution < 1.29 is 24.0 Å². The van der Waals surface area contributed by atoms with Crippen LogP contribution in [0.1, 0.15) is 15.9 Å². The minimum absolute atomic E-state index is 0.0348. The Hall–Kier alpha value is -2.80. The van der Waals surface area contributed by atoms with Crippen molar-refractivity contribution in [3.05, 3.63) is 47.7 Å². The molecule has 1 amide bonds. The van der Waals surface area contributed by atoms with Crippen LogP contribution in [0.3, 0.4) is 0 Å². The maximum atomic E-state index is 12.7. The van der Waals surface area contributed by atoms with Crippen LogP contribution in [-0.4, -0.2) is 51.0 Å². The summed E-state index contributed by atoms with van der Waals surface area (Å²) in [5, 5.41) is 0. The molecule has 1 aromatic carbocycles. The number of hydrogen-bond acceptors (Lipinski definition) is 5. The summed E-state index contributed by atoms with van der Waals surface area (Å²) in [6.45, 7) is 3.92. The topological polar surface area (TPSA) is 65.4 Å². The molecule has 26 heavy (non-hydrogen) atoms. The maximum Gasteiger partial charge on any atom is 0.274 e. The van der Waals surface area contributed by atoms with Crippen LogP contribution in [0.25, 0.3) is 0 Å². The Kier molecular flexibility index (Phi) is 4.62. The fourth-order valence-electron chi connectivity index (χ4n) is 3.16. The van der Waals surface area contributed by atoms with Crippen molar-refractivity contribution in [3.63, 3.8) is 0 Å². The van der Waals surface area contributed by atoms with Crippen molar-refractivity contribution in [2.45, 2.75) is 6.54 Å². The van der Waals surface area contributed by atoms with E-state index < -0.39 is 0 Å². The first-order chi connectivity index (χ1) is 12.7. The minimum atomic E-state index is -0.0348. The average Bonchev–Trinajstić information content (AvgIpc) is 3.16. The van der Waals surface area contributed by atoms with Gasteiger partial charge in [0, 0.05) is 19.7 Å². The third-order valence-electron chi connectivity index (χ3n) is 4.60. The summed E-state index contributed by atoms with van der Waals surface area (Å²) in [7, 11) is 1.79. The van der Waals surface area contributed by atoms with E-state index in [-0.39, 0.29) is 12.7 Å². The van der Waals surface area contributed by atoms with Gasteiger partial charge in [0.2, 0.25) is 6.79 Å². The molecule has 0 radical (unpaired) electrons. The molecule has 136 valence electrons. The fraction of sp³-hybridized carbons (Fsp3) is 0.368. The van der Waals surface area contributed by atoms with Crippen molar-refractivity contribution in [2.75, 3.05) is 45.0 Å². The molecule has 2 aliphatic rings. The van der Waals surface area contributed by atoms with Crippen LogP contribution in [0.2, 0.25) is 0 Å². The van der Waals surface area contributed by atoms with Crippen LogP contribution >= 0.6 is 0 Å². The van der Waals surface area contributed by atoms with E-state index in [1.54, 1.807) is 18.1 Å². The normalized spacial score (nSPS) is 15.8. The van der Waals surface area contributed by atoms with Gasteiger partial charge < -0.3 is 19.1 Å². The number of morpholine rings is 1. The number of carbonyl (C=O) groups excluding carboxylic acids is 1. The first-order valence-electron chi connectivity index (χ1n) is 8.69. The molecule has 0 bridgehead atoms. The zero-order valence-electron chi connectivity index (χ0n) is 14.7. The molecular formula is C19H22N3O4+. The highest BCUT2D eigenvalue weighted by Crippen LogP contribution is 2.32. The van der Waals surface area contributed by atoms with Gasteiger partial charge >= 0.3 is 0 Å². The van der Waals surface area contributed by atoms with E-state index in [0.29, 0.717) is 12.1 Å². The highest BCUT2D eigenvalue weighted by Gasteiger charge is 2.21. The largest absolute Gasteiger partial charge is 0.454 e. The van der Waals surface area contributed by atoms with Gasteiger partial charge in [0.25, 0.3) is 11.7 Å². The molecule has 0 atom stereocenters. The van der Waals surface area contributed by atoms with Crippen LogP contribution < -0.4 is 19.4 Å². The van der Waals surface area contributed by atoms with E-state index in [0.717, 1.165) is 49.2 Å². The number of fused-ring (bicyclic) bond motifs is 1. The summed E-state index contributed by atoms with van der Waals surface area (Å²) < 4.78 is 16.1. The van der Waals surface area contributed by atoms with Gasteiger partial charge in [-0.2, -0.15) is 0 Å². The number of aromatic amines is 1. The summed E-state index contributed by atoms with van der Waals surface area (Å²) >= 11 is 0. The lowest BCUT2D eigenvalue weighted by Gasteiger charge is -2.21. The number of pyridine rings is 1. The van der Waals surface area contributed by atoms with Crippen LogP contribution in [0, 0.1) is 0 Å². The van der Waals surface area contributed by atoms with Crippen LogP contribution in [0.5, 0.6) is 11.5 Å². The van der Waals surface area contributed by atoms with Crippen molar-refractivity contribution >= 4 is 11.7 Å². The Labute approximate surface area is 152 Å². The monoisotopic (exact) mass is 356 g/mol. The lowest BCUT2D eigenvalue weighted by molar-refractivity contribution is -0.364. The highest BCUT2D eigenvalue weighted by molar-refractivity contribution is 5.93. The first kappa shape index (κ1) is 16.7. The van der Waals surface area contributed by atoms with Gasteiger partial charge in [0.1, 0.15) is 19.3 Å². The molecule has 0 aliphatic carbocycles. The molecular weight excluding hydrogens is 334 g/mol. The number of benzene rings is 1. The first-order valence-corrected chi connectivity index (χ1v) is 8.69. The Balaban J connectivity index is 1.41.